The lowest BCUT2D eigenvalue weighted by Crippen LogP contribution is -2.33. The average Bonchev–Trinajstić information content (AvgIpc) is 3.05. The van der Waals surface area contributed by atoms with Crippen LogP contribution in [0.15, 0.2) is 35.7 Å². The maximum Gasteiger partial charge on any atom is 0.348 e. The van der Waals surface area contributed by atoms with Crippen molar-refractivity contribution < 1.29 is 19.4 Å². The minimum atomic E-state index is -0.692. The number of esters is 1. The highest BCUT2D eigenvalue weighted by atomic mass is 32.1. The molecule has 0 bridgehead atoms. The van der Waals surface area contributed by atoms with Crippen molar-refractivity contribution in [2.45, 2.75) is 31.8 Å². The van der Waals surface area contributed by atoms with E-state index in [4.69, 9.17) is 4.74 Å². The van der Waals surface area contributed by atoms with Crippen molar-refractivity contribution >= 4 is 23.2 Å². The molecule has 1 saturated heterocycles. The van der Waals surface area contributed by atoms with Crippen LogP contribution in [0.25, 0.3) is 11.1 Å². The Hall–Kier alpha value is -2.18. The van der Waals surface area contributed by atoms with Crippen LogP contribution >= 0.6 is 11.3 Å². The molecular weight excluding hydrogens is 350 g/mol. The number of ether oxygens (including phenoxy) is 1. The Kier molecular flexibility index (Phi) is 5.44. The van der Waals surface area contributed by atoms with E-state index in [1.54, 1.807) is 17.0 Å². The third-order valence-electron chi connectivity index (χ3n) is 4.83. The van der Waals surface area contributed by atoms with Crippen molar-refractivity contribution in [1.82, 2.24) is 4.90 Å². The van der Waals surface area contributed by atoms with Crippen molar-refractivity contribution in [3.8, 4) is 11.1 Å². The molecule has 1 aromatic carbocycles. The summed E-state index contributed by atoms with van der Waals surface area (Å²) in [4.78, 5) is 27.0. The van der Waals surface area contributed by atoms with E-state index >= 15 is 0 Å². The van der Waals surface area contributed by atoms with Gasteiger partial charge in [0.2, 0.25) is 0 Å². The van der Waals surface area contributed by atoms with Gasteiger partial charge in [-0.2, -0.15) is 0 Å². The number of thiophene rings is 1. The van der Waals surface area contributed by atoms with Crippen molar-refractivity contribution in [1.29, 1.82) is 0 Å². The zero-order valence-corrected chi connectivity index (χ0v) is 15.8. The zero-order valence-electron chi connectivity index (χ0n) is 15.0. The predicted octanol–water partition coefficient (Wildman–Crippen LogP) is 3.58. The average molecular weight is 373 g/mol. The largest absolute Gasteiger partial charge is 0.465 e. The molecule has 1 atom stereocenters. The normalized spacial score (nSPS) is 20.5. The monoisotopic (exact) mass is 373 g/mol. The first-order chi connectivity index (χ1) is 12.4. The van der Waals surface area contributed by atoms with Gasteiger partial charge in [0.05, 0.1) is 12.7 Å². The number of benzene rings is 1. The number of rotatable bonds is 3. The van der Waals surface area contributed by atoms with Crippen molar-refractivity contribution in [3.05, 3.63) is 46.2 Å². The van der Waals surface area contributed by atoms with Crippen LogP contribution < -0.4 is 0 Å². The van der Waals surface area contributed by atoms with Crippen LogP contribution in [-0.4, -0.2) is 47.7 Å². The van der Waals surface area contributed by atoms with Gasteiger partial charge in [-0.05, 0) is 55.3 Å². The van der Waals surface area contributed by atoms with Gasteiger partial charge in [0.15, 0.2) is 0 Å². The Balaban J connectivity index is 1.77. The van der Waals surface area contributed by atoms with Gasteiger partial charge in [-0.3, -0.25) is 4.79 Å². The van der Waals surface area contributed by atoms with Gasteiger partial charge in [0.1, 0.15) is 4.88 Å². The standard InChI is InChI=1S/C20H23NO4S/c1-20(24)9-3-11-21(12-10-20)18(22)15-6-4-14(5-7-15)16-8-13-26-17(16)19(23)25-2/h4-8,13,24H,3,9-12H2,1-2H3. The van der Waals surface area contributed by atoms with E-state index in [1.165, 1.54) is 18.4 Å². The van der Waals surface area contributed by atoms with Crippen LogP contribution in [0.3, 0.4) is 0 Å². The van der Waals surface area contributed by atoms with Gasteiger partial charge in [-0.1, -0.05) is 12.1 Å². The summed E-state index contributed by atoms with van der Waals surface area (Å²) in [7, 11) is 1.37. The van der Waals surface area contributed by atoms with Crippen molar-refractivity contribution in [2.24, 2.45) is 0 Å². The molecule has 1 aliphatic rings. The minimum Gasteiger partial charge on any atom is -0.465 e. The number of carbonyl (C=O) groups is 2. The number of hydrogen-bond donors (Lipinski definition) is 1. The number of methoxy groups -OCH3 is 1. The van der Waals surface area contributed by atoms with Crippen molar-refractivity contribution in [2.75, 3.05) is 20.2 Å². The Morgan fingerprint density at radius 1 is 1.15 bits per heavy atom. The Labute approximate surface area is 157 Å². The van der Waals surface area contributed by atoms with Crippen LogP contribution in [0.5, 0.6) is 0 Å². The molecule has 2 heterocycles. The first-order valence-corrected chi connectivity index (χ1v) is 9.57. The van der Waals surface area contributed by atoms with Crippen LogP contribution in [0.2, 0.25) is 0 Å². The first-order valence-electron chi connectivity index (χ1n) is 8.69. The van der Waals surface area contributed by atoms with Gasteiger partial charge >= 0.3 is 5.97 Å². The van der Waals surface area contributed by atoms with Gasteiger partial charge < -0.3 is 14.7 Å². The van der Waals surface area contributed by atoms with Crippen LogP contribution in [0.1, 0.15) is 46.2 Å². The highest BCUT2D eigenvalue weighted by Gasteiger charge is 2.27. The predicted molar refractivity (Wildman–Crippen MR) is 101 cm³/mol. The highest BCUT2D eigenvalue weighted by Crippen LogP contribution is 2.29. The quantitative estimate of drug-likeness (QED) is 0.835. The Morgan fingerprint density at radius 3 is 2.58 bits per heavy atom. The Morgan fingerprint density at radius 2 is 1.88 bits per heavy atom. The molecule has 2 aromatic rings. The fourth-order valence-corrected chi connectivity index (χ4v) is 4.06. The first kappa shape index (κ1) is 18.6. The van der Waals surface area contributed by atoms with E-state index in [2.05, 4.69) is 0 Å². The summed E-state index contributed by atoms with van der Waals surface area (Å²) in [6.07, 6.45) is 2.10. The molecule has 3 rings (SSSR count). The lowest BCUT2D eigenvalue weighted by Gasteiger charge is -2.22. The second-order valence-electron chi connectivity index (χ2n) is 6.88. The molecule has 138 valence electrons. The lowest BCUT2D eigenvalue weighted by molar-refractivity contribution is 0.0437. The van der Waals surface area contributed by atoms with E-state index in [0.29, 0.717) is 36.4 Å². The number of likely N-dealkylation sites (tertiary alicyclic amines) is 1. The molecule has 5 nitrogen and oxygen atoms in total. The molecule has 0 saturated carbocycles. The van der Waals surface area contributed by atoms with Gasteiger partial charge in [0, 0.05) is 24.2 Å². The molecule has 1 amide bonds. The Bertz CT molecular complexity index is 794. The maximum atomic E-state index is 12.8. The van der Waals surface area contributed by atoms with E-state index < -0.39 is 5.60 Å². The molecule has 0 aliphatic carbocycles. The van der Waals surface area contributed by atoms with Gasteiger partial charge in [0.25, 0.3) is 5.91 Å². The minimum absolute atomic E-state index is 0.0206. The zero-order chi connectivity index (χ0) is 18.7. The van der Waals surface area contributed by atoms with E-state index in [9.17, 15) is 14.7 Å². The van der Waals surface area contributed by atoms with Gasteiger partial charge in [-0.25, -0.2) is 4.79 Å². The molecule has 6 heteroatoms. The number of amides is 1. The fourth-order valence-electron chi connectivity index (χ4n) is 3.23. The molecular formula is C20H23NO4S. The summed E-state index contributed by atoms with van der Waals surface area (Å²) >= 11 is 1.34. The number of aliphatic hydroxyl groups is 1. The smallest absolute Gasteiger partial charge is 0.348 e. The highest BCUT2D eigenvalue weighted by molar-refractivity contribution is 7.12. The van der Waals surface area contributed by atoms with E-state index in [1.807, 2.05) is 30.5 Å². The van der Waals surface area contributed by atoms with Crippen LogP contribution in [0, 0.1) is 0 Å². The number of nitrogens with zero attached hydrogens (tertiary/aromatic N) is 1. The molecule has 1 aromatic heterocycles. The molecule has 1 N–H and O–H groups in total. The van der Waals surface area contributed by atoms with Crippen molar-refractivity contribution in [3.63, 3.8) is 0 Å². The van der Waals surface area contributed by atoms with Crippen LogP contribution in [-0.2, 0) is 4.74 Å². The van der Waals surface area contributed by atoms with Crippen LogP contribution in [0.4, 0.5) is 0 Å². The molecule has 0 radical (unpaired) electrons. The van der Waals surface area contributed by atoms with Gasteiger partial charge in [-0.15, -0.1) is 11.3 Å². The SMILES string of the molecule is COC(=O)c1sccc1-c1ccc(C(=O)N2CCCC(C)(O)CC2)cc1. The molecule has 1 unspecified atom stereocenters. The second-order valence-corrected chi connectivity index (χ2v) is 7.79. The molecule has 26 heavy (non-hydrogen) atoms. The third-order valence-corrected chi connectivity index (χ3v) is 5.72. The third kappa shape index (κ3) is 3.97. The number of carbonyl (C=O) groups excluding carboxylic acids is 2. The topological polar surface area (TPSA) is 66.8 Å². The summed E-state index contributed by atoms with van der Waals surface area (Å²) in [6.45, 7) is 3.05. The second kappa shape index (κ2) is 7.60. The summed E-state index contributed by atoms with van der Waals surface area (Å²) < 4.78 is 4.82. The molecule has 1 aliphatic heterocycles. The summed E-state index contributed by atoms with van der Waals surface area (Å²) in [6, 6.07) is 9.18. The van der Waals surface area contributed by atoms with E-state index in [0.717, 1.165) is 17.5 Å². The molecule has 0 spiro atoms. The summed E-state index contributed by atoms with van der Waals surface area (Å²) in [5.41, 5.74) is 1.61. The summed E-state index contributed by atoms with van der Waals surface area (Å²) in [5, 5.41) is 12.0. The van der Waals surface area contributed by atoms with E-state index in [-0.39, 0.29) is 11.9 Å². The molecule has 1 fully saturated rings. The number of hydrogen-bond acceptors (Lipinski definition) is 5. The fraction of sp³-hybridized carbons (Fsp3) is 0.400. The maximum absolute atomic E-state index is 12.8. The summed E-state index contributed by atoms with van der Waals surface area (Å²) in [5.74, 6) is -0.375. The lowest BCUT2D eigenvalue weighted by atomic mass is 9.98.